The number of amides is 1. The van der Waals surface area contributed by atoms with E-state index in [0.717, 1.165) is 28.8 Å². The van der Waals surface area contributed by atoms with Crippen LogP contribution in [0, 0.1) is 11.8 Å². The summed E-state index contributed by atoms with van der Waals surface area (Å²) in [6.45, 7) is 7.31. The standard InChI is InChI=1S/C20H17NO.C8H11N5O/c1-3-9-15-10-8-11-16-14-17(4-2)21(20(22)19(15)16)18-12-6-5-7-13-18;1-3-4-11-8-5(7(10)14)6(9)12-13(8)2/h5-8,10-14H,4H2,1-2H3;3-4H,1H2,2H3,(H2,9,12)(H2,10,14)/b;11-4-. The molecular weight excluding hydrogens is 452 g/mol. The summed E-state index contributed by atoms with van der Waals surface area (Å²) in [6, 6.07) is 17.7. The first-order valence-corrected chi connectivity index (χ1v) is 11.3. The monoisotopic (exact) mass is 480 g/mol. The van der Waals surface area contributed by atoms with Crippen LogP contribution in [0.3, 0.4) is 0 Å². The number of anilines is 1. The number of aryl methyl sites for hydroxylation is 2. The second kappa shape index (κ2) is 11.5. The Morgan fingerprint density at radius 1 is 1.19 bits per heavy atom. The number of aromatic nitrogens is 3. The highest BCUT2D eigenvalue weighted by Gasteiger charge is 2.17. The van der Waals surface area contributed by atoms with Gasteiger partial charge in [-0.1, -0.05) is 55.8 Å². The number of para-hydroxylation sites is 1. The predicted octanol–water partition coefficient (Wildman–Crippen LogP) is 3.91. The van der Waals surface area contributed by atoms with Crippen molar-refractivity contribution in [3.8, 4) is 17.5 Å². The maximum Gasteiger partial charge on any atom is 0.264 e. The normalized spacial score (nSPS) is 10.4. The van der Waals surface area contributed by atoms with E-state index >= 15 is 0 Å². The number of fused-ring (bicyclic) bond motifs is 1. The lowest BCUT2D eigenvalue weighted by atomic mass is 10.0. The minimum absolute atomic E-state index is 0.00102. The average Bonchev–Trinajstić information content (AvgIpc) is 3.16. The molecule has 0 bridgehead atoms. The van der Waals surface area contributed by atoms with Crippen molar-refractivity contribution in [2.45, 2.75) is 20.3 Å². The Bertz CT molecular complexity index is 1570. The zero-order valence-electron chi connectivity index (χ0n) is 20.5. The van der Waals surface area contributed by atoms with E-state index in [1.54, 1.807) is 18.5 Å². The molecule has 36 heavy (non-hydrogen) atoms. The van der Waals surface area contributed by atoms with E-state index in [-0.39, 0.29) is 16.9 Å². The Labute approximate surface area is 209 Å². The minimum atomic E-state index is -0.646. The number of carbonyl (C=O) groups excluding carboxylic acids is 1. The molecule has 0 unspecified atom stereocenters. The van der Waals surface area contributed by atoms with Gasteiger partial charge in [0.15, 0.2) is 11.6 Å². The van der Waals surface area contributed by atoms with Crippen molar-refractivity contribution in [1.82, 2.24) is 14.3 Å². The van der Waals surface area contributed by atoms with E-state index in [0.29, 0.717) is 11.2 Å². The Hall–Kier alpha value is -4.90. The van der Waals surface area contributed by atoms with Crippen molar-refractivity contribution in [1.29, 1.82) is 0 Å². The quantitative estimate of drug-likeness (QED) is 0.332. The van der Waals surface area contributed by atoms with Crippen molar-refractivity contribution in [3.05, 3.63) is 94.4 Å². The first-order chi connectivity index (χ1) is 17.3. The summed E-state index contributed by atoms with van der Waals surface area (Å²) in [6.07, 6.45) is 3.71. The van der Waals surface area contributed by atoms with Crippen molar-refractivity contribution in [2.24, 2.45) is 17.8 Å². The third-order valence-electron chi connectivity index (χ3n) is 5.35. The molecule has 0 spiro atoms. The van der Waals surface area contributed by atoms with Crippen LogP contribution < -0.4 is 17.0 Å². The first-order valence-electron chi connectivity index (χ1n) is 11.3. The number of hydrogen-bond donors (Lipinski definition) is 2. The predicted molar refractivity (Wildman–Crippen MR) is 146 cm³/mol. The molecule has 0 aliphatic heterocycles. The molecule has 2 aromatic heterocycles. The number of allylic oxidation sites excluding steroid dienone is 1. The highest BCUT2D eigenvalue weighted by molar-refractivity contribution is 6.02. The number of primary amides is 1. The zero-order chi connectivity index (χ0) is 26.2. The van der Waals surface area contributed by atoms with Crippen LogP contribution in [0.15, 0.2) is 77.0 Å². The Balaban J connectivity index is 0.000000223. The zero-order valence-corrected chi connectivity index (χ0v) is 20.5. The number of pyridine rings is 1. The minimum Gasteiger partial charge on any atom is -0.381 e. The van der Waals surface area contributed by atoms with Gasteiger partial charge in [-0.2, -0.15) is 5.10 Å². The molecule has 4 aromatic rings. The summed E-state index contributed by atoms with van der Waals surface area (Å²) < 4.78 is 3.18. The number of nitrogens with two attached hydrogens (primary N) is 2. The van der Waals surface area contributed by atoms with E-state index in [1.165, 1.54) is 17.0 Å². The van der Waals surface area contributed by atoms with Crippen LogP contribution in [0.25, 0.3) is 16.5 Å². The summed E-state index contributed by atoms with van der Waals surface area (Å²) in [4.78, 5) is 28.1. The summed E-state index contributed by atoms with van der Waals surface area (Å²) >= 11 is 0. The maximum atomic E-state index is 13.1. The summed E-state index contributed by atoms with van der Waals surface area (Å²) in [5.41, 5.74) is 13.4. The smallest absolute Gasteiger partial charge is 0.264 e. The fraction of sp³-hybridized carbons (Fsp3) is 0.143. The second-order valence-electron chi connectivity index (χ2n) is 7.70. The first kappa shape index (κ1) is 25.7. The van der Waals surface area contributed by atoms with E-state index in [4.69, 9.17) is 11.5 Å². The number of hydrogen-bond acceptors (Lipinski definition) is 5. The molecule has 8 nitrogen and oxygen atoms in total. The Morgan fingerprint density at radius 3 is 2.53 bits per heavy atom. The fourth-order valence-corrected chi connectivity index (χ4v) is 3.82. The van der Waals surface area contributed by atoms with E-state index in [2.05, 4.69) is 41.5 Å². The molecule has 4 rings (SSSR count). The molecule has 0 radical (unpaired) electrons. The van der Waals surface area contributed by atoms with Gasteiger partial charge in [-0.15, -0.1) is 5.92 Å². The topological polar surface area (TPSA) is 121 Å². The SMILES string of the molecule is C=C/C=N\c1c(C(N)=O)c(N)nn1C.CC#Cc1cccc2cc(CC)n(-c3ccccc3)c(=O)c12. The van der Waals surface area contributed by atoms with Gasteiger partial charge in [-0.25, -0.2) is 9.67 Å². The molecule has 4 N–H and O–H groups in total. The Kier molecular flexibility index (Phi) is 8.21. The van der Waals surface area contributed by atoms with Crippen LogP contribution in [-0.2, 0) is 13.5 Å². The summed E-state index contributed by atoms with van der Waals surface area (Å²) in [5, 5.41) is 5.48. The van der Waals surface area contributed by atoms with Gasteiger partial charge in [0.1, 0.15) is 5.56 Å². The van der Waals surface area contributed by atoms with Gasteiger partial charge >= 0.3 is 0 Å². The molecule has 2 aromatic carbocycles. The van der Waals surface area contributed by atoms with Gasteiger partial charge in [-0.3, -0.25) is 14.2 Å². The molecule has 0 atom stereocenters. The number of carbonyl (C=O) groups is 1. The molecule has 2 heterocycles. The fourth-order valence-electron chi connectivity index (χ4n) is 3.82. The molecule has 0 saturated heterocycles. The molecule has 0 aliphatic rings. The van der Waals surface area contributed by atoms with Crippen LogP contribution in [0.2, 0.25) is 0 Å². The van der Waals surface area contributed by atoms with Crippen molar-refractivity contribution in [2.75, 3.05) is 5.73 Å². The number of rotatable bonds is 5. The number of aliphatic imine (C=N–C) groups is 1. The molecule has 8 heteroatoms. The van der Waals surface area contributed by atoms with Gasteiger partial charge in [-0.05, 0) is 43.0 Å². The van der Waals surface area contributed by atoms with Crippen molar-refractivity contribution >= 4 is 34.5 Å². The highest BCUT2D eigenvalue weighted by Crippen LogP contribution is 2.23. The second-order valence-corrected chi connectivity index (χ2v) is 7.70. The van der Waals surface area contributed by atoms with E-state index < -0.39 is 5.91 Å². The number of nitrogen functional groups attached to an aromatic ring is 1. The van der Waals surface area contributed by atoms with Gasteiger partial charge in [0.2, 0.25) is 0 Å². The largest absolute Gasteiger partial charge is 0.381 e. The van der Waals surface area contributed by atoms with Crippen LogP contribution in [0.5, 0.6) is 0 Å². The molecule has 0 aliphatic carbocycles. The Morgan fingerprint density at radius 2 is 1.92 bits per heavy atom. The lowest BCUT2D eigenvalue weighted by molar-refractivity contribution is 0.100. The van der Waals surface area contributed by atoms with Crippen LogP contribution >= 0.6 is 0 Å². The van der Waals surface area contributed by atoms with Crippen LogP contribution in [0.1, 0.15) is 35.5 Å². The summed E-state index contributed by atoms with van der Waals surface area (Å²) in [7, 11) is 1.62. The molecule has 0 saturated carbocycles. The van der Waals surface area contributed by atoms with Gasteiger partial charge < -0.3 is 11.5 Å². The van der Waals surface area contributed by atoms with Gasteiger partial charge in [0.05, 0.1) is 5.39 Å². The van der Waals surface area contributed by atoms with Crippen molar-refractivity contribution < 1.29 is 4.79 Å². The van der Waals surface area contributed by atoms with Crippen molar-refractivity contribution in [3.63, 3.8) is 0 Å². The van der Waals surface area contributed by atoms with E-state index in [1.807, 2.05) is 48.5 Å². The average molecular weight is 481 g/mol. The van der Waals surface area contributed by atoms with Crippen LogP contribution in [0.4, 0.5) is 11.6 Å². The number of benzene rings is 2. The number of nitrogens with zero attached hydrogens (tertiary/aromatic N) is 4. The lowest BCUT2D eigenvalue weighted by Crippen LogP contribution is -2.22. The van der Waals surface area contributed by atoms with Gasteiger partial charge in [0.25, 0.3) is 11.5 Å². The maximum absolute atomic E-state index is 13.1. The molecule has 1 amide bonds. The van der Waals surface area contributed by atoms with E-state index in [9.17, 15) is 9.59 Å². The molecule has 0 fully saturated rings. The highest BCUT2D eigenvalue weighted by atomic mass is 16.1. The molecular formula is C28H28N6O2. The summed E-state index contributed by atoms with van der Waals surface area (Å²) in [5.74, 6) is 5.70. The van der Waals surface area contributed by atoms with Gasteiger partial charge in [0, 0.05) is 30.2 Å². The lowest BCUT2D eigenvalue weighted by Gasteiger charge is -2.14. The third-order valence-corrected chi connectivity index (χ3v) is 5.35. The third kappa shape index (κ3) is 5.26. The van der Waals surface area contributed by atoms with Crippen LogP contribution in [-0.4, -0.2) is 26.5 Å². The molecule has 182 valence electrons.